The Kier molecular flexibility index (Phi) is 6.00. The summed E-state index contributed by atoms with van der Waals surface area (Å²) in [5.41, 5.74) is 1.72. The number of nitrogens with one attached hydrogen (secondary N) is 1. The number of thioether (sulfide) groups is 1. The Morgan fingerprint density at radius 1 is 1.35 bits per heavy atom. The minimum Gasteiger partial charge on any atom is -0.308 e. The van der Waals surface area contributed by atoms with E-state index in [-0.39, 0.29) is 11.9 Å². The standard InChI is InChI=1S/C14H22FNS/c1-10-5-6-13(9-14(10)15)12(3)16-11(2)7-8-17-4/h5-6,9,11-12,16H,7-8H2,1-4H3. The summed E-state index contributed by atoms with van der Waals surface area (Å²) in [6.45, 7) is 6.05. The minimum absolute atomic E-state index is 0.118. The average Bonchev–Trinajstić information content (AvgIpc) is 2.30. The van der Waals surface area contributed by atoms with Gasteiger partial charge in [0, 0.05) is 12.1 Å². The van der Waals surface area contributed by atoms with Crippen molar-refractivity contribution in [3.63, 3.8) is 0 Å². The third-order valence-electron chi connectivity index (χ3n) is 2.99. The molecule has 0 radical (unpaired) electrons. The predicted octanol–water partition coefficient (Wildman–Crippen LogP) is 3.93. The fourth-order valence-electron chi connectivity index (χ4n) is 1.78. The van der Waals surface area contributed by atoms with Crippen molar-refractivity contribution in [3.8, 4) is 0 Å². The summed E-state index contributed by atoms with van der Waals surface area (Å²) >= 11 is 1.86. The maximum atomic E-state index is 13.4. The van der Waals surface area contributed by atoms with Crippen molar-refractivity contribution in [1.29, 1.82) is 0 Å². The first-order chi connectivity index (χ1) is 8.04. The number of halogens is 1. The molecule has 0 aliphatic carbocycles. The van der Waals surface area contributed by atoms with Gasteiger partial charge in [-0.05, 0) is 56.4 Å². The molecule has 0 fully saturated rings. The smallest absolute Gasteiger partial charge is 0.126 e. The fourth-order valence-corrected chi connectivity index (χ4v) is 2.37. The second-order valence-corrected chi connectivity index (χ2v) is 5.57. The lowest BCUT2D eigenvalue weighted by Crippen LogP contribution is -2.29. The van der Waals surface area contributed by atoms with E-state index < -0.39 is 0 Å². The summed E-state index contributed by atoms with van der Waals surface area (Å²) in [6, 6.07) is 6.13. The number of hydrogen-bond acceptors (Lipinski definition) is 2. The van der Waals surface area contributed by atoms with Crippen LogP contribution in [-0.4, -0.2) is 18.1 Å². The van der Waals surface area contributed by atoms with Crippen LogP contribution in [0.5, 0.6) is 0 Å². The largest absolute Gasteiger partial charge is 0.308 e. The van der Waals surface area contributed by atoms with Crippen LogP contribution in [0.25, 0.3) is 0 Å². The van der Waals surface area contributed by atoms with Gasteiger partial charge in [0.15, 0.2) is 0 Å². The van der Waals surface area contributed by atoms with Gasteiger partial charge in [-0.3, -0.25) is 0 Å². The highest BCUT2D eigenvalue weighted by Gasteiger charge is 2.10. The van der Waals surface area contributed by atoms with E-state index in [0.717, 1.165) is 17.7 Å². The normalized spacial score (nSPS) is 14.6. The monoisotopic (exact) mass is 255 g/mol. The van der Waals surface area contributed by atoms with E-state index in [1.807, 2.05) is 23.9 Å². The van der Waals surface area contributed by atoms with E-state index in [9.17, 15) is 4.39 Å². The fraction of sp³-hybridized carbons (Fsp3) is 0.571. The summed E-state index contributed by atoms with van der Waals surface area (Å²) in [6.07, 6.45) is 3.26. The van der Waals surface area contributed by atoms with Gasteiger partial charge in [-0.15, -0.1) is 0 Å². The molecule has 3 heteroatoms. The third kappa shape index (κ3) is 4.68. The summed E-state index contributed by atoms with van der Waals surface area (Å²) in [5, 5.41) is 3.50. The van der Waals surface area contributed by atoms with E-state index in [1.165, 1.54) is 0 Å². The van der Waals surface area contributed by atoms with Crippen molar-refractivity contribution in [1.82, 2.24) is 5.32 Å². The predicted molar refractivity (Wildman–Crippen MR) is 75.1 cm³/mol. The second kappa shape index (κ2) is 7.02. The van der Waals surface area contributed by atoms with Crippen LogP contribution < -0.4 is 5.32 Å². The Hall–Kier alpha value is -0.540. The highest BCUT2D eigenvalue weighted by atomic mass is 32.2. The Balaban J connectivity index is 2.57. The average molecular weight is 255 g/mol. The summed E-state index contributed by atoms with van der Waals surface area (Å²) in [5.74, 6) is 1.04. The Morgan fingerprint density at radius 3 is 2.65 bits per heavy atom. The molecule has 0 heterocycles. The summed E-state index contributed by atoms with van der Waals surface area (Å²) < 4.78 is 13.4. The molecule has 1 N–H and O–H groups in total. The van der Waals surface area contributed by atoms with Gasteiger partial charge in [0.05, 0.1) is 0 Å². The molecule has 2 atom stereocenters. The first kappa shape index (κ1) is 14.5. The van der Waals surface area contributed by atoms with Crippen molar-refractivity contribution in [3.05, 3.63) is 35.1 Å². The molecule has 1 aromatic carbocycles. The SMILES string of the molecule is CSCCC(C)NC(C)c1ccc(C)c(F)c1. The van der Waals surface area contributed by atoms with Gasteiger partial charge in [-0.1, -0.05) is 12.1 Å². The van der Waals surface area contributed by atoms with Crippen molar-refractivity contribution in [2.45, 2.75) is 39.3 Å². The lowest BCUT2D eigenvalue weighted by Gasteiger charge is -2.20. The Morgan fingerprint density at radius 2 is 2.06 bits per heavy atom. The molecular weight excluding hydrogens is 233 g/mol. The van der Waals surface area contributed by atoms with Crippen LogP contribution in [0.15, 0.2) is 18.2 Å². The van der Waals surface area contributed by atoms with E-state index in [0.29, 0.717) is 11.6 Å². The van der Waals surface area contributed by atoms with Crippen molar-refractivity contribution >= 4 is 11.8 Å². The van der Waals surface area contributed by atoms with Crippen molar-refractivity contribution in [2.24, 2.45) is 0 Å². The maximum absolute atomic E-state index is 13.4. The van der Waals surface area contributed by atoms with Crippen molar-refractivity contribution < 1.29 is 4.39 Å². The highest BCUT2D eigenvalue weighted by Crippen LogP contribution is 2.17. The van der Waals surface area contributed by atoms with Gasteiger partial charge in [0.1, 0.15) is 5.82 Å². The van der Waals surface area contributed by atoms with Gasteiger partial charge in [0.2, 0.25) is 0 Å². The van der Waals surface area contributed by atoms with Gasteiger partial charge in [-0.2, -0.15) is 11.8 Å². The zero-order valence-electron chi connectivity index (χ0n) is 11.1. The van der Waals surface area contributed by atoms with Crippen LogP contribution in [0.3, 0.4) is 0 Å². The molecule has 0 aliphatic heterocycles. The van der Waals surface area contributed by atoms with Gasteiger partial charge in [-0.25, -0.2) is 4.39 Å². The maximum Gasteiger partial charge on any atom is 0.126 e. The third-order valence-corrected chi connectivity index (χ3v) is 3.63. The molecule has 0 aromatic heterocycles. The molecule has 1 aromatic rings. The molecule has 0 spiro atoms. The van der Waals surface area contributed by atoms with E-state index in [2.05, 4.69) is 25.4 Å². The summed E-state index contributed by atoms with van der Waals surface area (Å²) in [4.78, 5) is 0. The number of rotatable bonds is 6. The highest BCUT2D eigenvalue weighted by molar-refractivity contribution is 7.98. The molecular formula is C14H22FNS. The van der Waals surface area contributed by atoms with Crippen LogP contribution in [0.1, 0.15) is 37.4 Å². The van der Waals surface area contributed by atoms with E-state index >= 15 is 0 Å². The molecule has 17 heavy (non-hydrogen) atoms. The number of hydrogen-bond donors (Lipinski definition) is 1. The molecule has 0 saturated heterocycles. The Labute approximate surface area is 108 Å². The van der Waals surface area contributed by atoms with E-state index in [1.54, 1.807) is 13.0 Å². The number of aryl methyl sites for hydroxylation is 1. The van der Waals surface area contributed by atoms with Crippen LogP contribution in [-0.2, 0) is 0 Å². The molecule has 0 aliphatic rings. The summed E-state index contributed by atoms with van der Waals surface area (Å²) in [7, 11) is 0. The molecule has 1 rings (SSSR count). The van der Waals surface area contributed by atoms with Gasteiger partial charge >= 0.3 is 0 Å². The van der Waals surface area contributed by atoms with E-state index in [4.69, 9.17) is 0 Å². The molecule has 2 unspecified atom stereocenters. The van der Waals surface area contributed by atoms with Crippen LogP contribution >= 0.6 is 11.8 Å². The number of benzene rings is 1. The van der Waals surface area contributed by atoms with Crippen molar-refractivity contribution in [2.75, 3.05) is 12.0 Å². The molecule has 0 amide bonds. The second-order valence-electron chi connectivity index (χ2n) is 4.58. The van der Waals surface area contributed by atoms with Crippen LogP contribution in [0.4, 0.5) is 4.39 Å². The zero-order valence-corrected chi connectivity index (χ0v) is 11.9. The lowest BCUT2D eigenvalue weighted by atomic mass is 10.0. The van der Waals surface area contributed by atoms with Gasteiger partial charge in [0.25, 0.3) is 0 Å². The molecule has 0 bridgehead atoms. The first-order valence-electron chi connectivity index (χ1n) is 6.05. The van der Waals surface area contributed by atoms with Gasteiger partial charge < -0.3 is 5.32 Å². The quantitative estimate of drug-likeness (QED) is 0.826. The molecule has 96 valence electrons. The van der Waals surface area contributed by atoms with Crippen LogP contribution in [0.2, 0.25) is 0 Å². The minimum atomic E-state index is -0.118. The Bertz CT molecular complexity index is 354. The van der Waals surface area contributed by atoms with Crippen LogP contribution in [0, 0.1) is 12.7 Å². The molecule has 1 nitrogen and oxygen atoms in total. The lowest BCUT2D eigenvalue weighted by molar-refractivity contribution is 0.469. The topological polar surface area (TPSA) is 12.0 Å². The molecule has 0 saturated carbocycles. The first-order valence-corrected chi connectivity index (χ1v) is 7.45. The zero-order chi connectivity index (χ0) is 12.8.